The Labute approximate surface area is 124 Å². The van der Waals surface area contributed by atoms with Crippen molar-refractivity contribution in [2.75, 3.05) is 0 Å². The Morgan fingerprint density at radius 3 is 2.05 bits per heavy atom. The minimum absolute atomic E-state index is 0.350. The summed E-state index contributed by atoms with van der Waals surface area (Å²) in [6.45, 7) is 6.40. The van der Waals surface area contributed by atoms with Crippen molar-refractivity contribution in [2.45, 2.75) is 32.7 Å². The molecule has 1 unspecified atom stereocenters. The summed E-state index contributed by atoms with van der Waals surface area (Å²) in [5, 5.41) is 0. The van der Waals surface area contributed by atoms with Crippen molar-refractivity contribution >= 4 is 15.9 Å². The van der Waals surface area contributed by atoms with Crippen LogP contribution in [0.2, 0.25) is 0 Å². The maximum atomic E-state index is 6.54. The maximum Gasteiger partial charge on any atom is 0.0422 e. The summed E-state index contributed by atoms with van der Waals surface area (Å²) < 4.78 is 1.08. The van der Waals surface area contributed by atoms with E-state index in [9.17, 15) is 0 Å². The van der Waals surface area contributed by atoms with Crippen molar-refractivity contribution in [2.24, 2.45) is 5.73 Å². The molecule has 2 N–H and O–H groups in total. The molecule has 2 heteroatoms. The Kier molecular flexibility index (Phi) is 4.12. The molecule has 0 saturated carbocycles. The lowest BCUT2D eigenvalue weighted by Gasteiger charge is -2.27. The third-order valence-corrected chi connectivity index (χ3v) is 4.22. The first-order valence-electron chi connectivity index (χ1n) is 6.50. The molecule has 0 aliphatic carbocycles. The van der Waals surface area contributed by atoms with Crippen molar-refractivity contribution in [1.29, 1.82) is 0 Å². The summed E-state index contributed by atoms with van der Waals surface area (Å²) in [5.74, 6) is 0. The average Bonchev–Trinajstić information content (AvgIpc) is 2.35. The molecule has 0 spiro atoms. The van der Waals surface area contributed by atoms with E-state index in [0.717, 1.165) is 10.9 Å². The molecule has 0 aliphatic heterocycles. The highest BCUT2D eigenvalue weighted by molar-refractivity contribution is 9.10. The molecule has 100 valence electrons. The van der Waals surface area contributed by atoms with Crippen LogP contribution in [0.3, 0.4) is 0 Å². The molecule has 0 heterocycles. The topological polar surface area (TPSA) is 26.0 Å². The molecule has 2 rings (SSSR count). The van der Waals surface area contributed by atoms with Crippen LogP contribution >= 0.6 is 15.9 Å². The van der Waals surface area contributed by atoms with E-state index in [-0.39, 0.29) is 5.54 Å². The van der Waals surface area contributed by atoms with Gasteiger partial charge in [0.2, 0.25) is 0 Å². The van der Waals surface area contributed by atoms with Gasteiger partial charge in [0.1, 0.15) is 0 Å². The molecule has 0 fully saturated rings. The van der Waals surface area contributed by atoms with Gasteiger partial charge in [-0.15, -0.1) is 0 Å². The number of benzene rings is 2. The van der Waals surface area contributed by atoms with Crippen LogP contribution in [-0.2, 0) is 12.0 Å². The first-order chi connectivity index (χ1) is 8.90. The van der Waals surface area contributed by atoms with Gasteiger partial charge in [0, 0.05) is 10.0 Å². The largest absolute Gasteiger partial charge is 0.321 e. The van der Waals surface area contributed by atoms with Crippen molar-refractivity contribution < 1.29 is 0 Å². The van der Waals surface area contributed by atoms with Gasteiger partial charge >= 0.3 is 0 Å². The zero-order chi connectivity index (χ0) is 14.0. The van der Waals surface area contributed by atoms with Crippen LogP contribution in [0.4, 0.5) is 0 Å². The van der Waals surface area contributed by atoms with Gasteiger partial charge in [0.25, 0.3) is 0 Å². The van der Waals surface area contributed by atoms with Crippen LogP contribution in [0.25, 0.3) is 0 Å². The van der Waals surface area contributed by atoms with Crippen molar-refractivity contribution in [1.82, 2.24) is 0 Å². The van der Waals surface area contributed by atoms with Gasteiger partial charge in [-0.3, -0.25) is 0 Å². The summed E-state index contributed by atoms with van der Waals surface area (Å²) in [7, 11) is 0. The molecule has 0 aliphatic rings. The summed E-state index contributed by atoms with van der Waals surface area (Å²) in [6, 6.07) is 14.7. The second kappa shape index (κ2) is 5.48. The molecule has 1 nitrogen and oxygen atoms in total. The van der Waals surface area contributed by atoms with E-state index in [1.54, 1.807) is 0 Å². The second-order valence-corrected chi connectivity index (χ2v) is 6.39. The number of rotatable bonds is 3. The van der Waals surface area contributed by atoms with Gasteiger partial charge in [-0.2, -0.15) is 0 Å². The van der Waals surface area contributed by atoms with E-state index in [1.165, 1.54) is 22.3 Å². The maximum absolute atomic E-state index is 6.54. The van der Waals surface area contributed by atoms with Crippen LogP contribution in [0.1, 0.15) is 29.2 Å². The molecule has 2 aromatic carbocycles. The van der Waals surface area contributed by atoms with Crippen LogP contribution in [0, 0.1) is 13.8 Å². The van der Waals surface area contributed by atoms with Gasteiger partial charge in [-0.1, -0.05) is 46.3 Å². The average molecular weight is 318 g/mol. The fourth-order valence-corrected chi connectivity index (χ4v) is 2.69. The Balaban J connectivity index is 2.33. The fraction of sp³-hybridized carbons (Fsp3) is 0.294. The fourth-order valence-electron chi connectivity index (χ4n) is 2.43. The number of hydrogen-bond acceptors (Lipinski definition) is 1. The van der Waals surface area contributed by atoms with Crippen molar-refractivity contribution in [3.63, 3.8) is 0 Å². The minimum atomic E-state index is -0.350. The van der Waals surface area contributed by atoms with E-state index < -0.39 is 0 Å². The van der Waals surface area contributed by atoms with E-state index in [0.29, 0.717) is 0 Å². The van der Waals surface area contributed by atoms with Gasteiger partial charge in [-0.25, -0.2) is 0 Å². The van der Waals surface area contributed by atoms with Crippen LogP contribution < -0.4 is 5.73 Å². The van der Waals surface area contributed by atoms with E-state index in [2.05, 4.69) is 67.0 Å². The van der Waals surface area contributed by atoms with E-state index in [1.807, 2.05) is 12.1 Å². The molecule has 19 heavy (non-hydrogen) atoms. The first kappa shape index (κ1) is 14.3. The quantitative estimate of drug-likeness (QED) is 0.887. The molecule has 1 atom stereocenters. The lowest BCUT2D eigenvalue weighted by atomic mass is 9.84. The highest BCUT2D eigenvalue weighted by Gasteiger charge is 2.23. The van der Waals surface area contributed by atoms with Gasteiger partial charge in [0.05, 0.1) is 0 Å². The Morgan fingerprint density at radius 1 is 1.00 bits per heavy atom. The van der Waals surface area contributed by atoms with Gasteiger partial charge in [0.15, 0.2) is 0 Å². The zero-order valence-corrected chi connectivity index (χ0v) is 13.3. The molecular weight excluding hydrogens is 298 g/mol. The van der Waals surface area contributed by atoms with Gasteiger partial charge in [-0.05, 0) is 61.6 Å². The minimum Gasteiger partial charge on any atom is -0.321 e. The highest BCUT2D eigenvalue weighted by Crippen LogP contribution is 2.27. The summed E-state index contributed by atoms with van der Waals surface area (Å²) in [4.78, 5) is 0. The molecule has 0 amide bonds. The summed E-state index contributed by atoms with van der Waals surface area (Å²) in [5.41, 5.74) is 11.3. The lowest BCUT2D eigenvalue weighted by Crippen LogP contribution is -2.35. The molecular formula is C17H20BrN. The predicted molar refractivity (Wildman–Crippen MR) is 85.3 cm³/mol. The molecule has 0 radical (unpaired) electrons. The van der Waals surface area contributed by atoms with Gasteiger partial charge < -0.3 is 5.73 Å². The molecule has 0 aromatic heterocycles. The molecule has 2 aromatic rings. The lowest BCUT2D eigenvalue weighted by molar-refractivity contribution is 0.489. The van der Waals surface area contributed by atoms with E-state index in [4.69, 9.17) is 5.73 Å². The Hall–Kier alpha value is -1.12. The van der Waals surface area contributed by atoms with Crippen LogP contribution in [0.5, 0.6) is 0 Å². The Morgan fingerprint density at radius 2 is 1.53 bits per heavy atom. The monoisotopic (exact) mass is 317 g/mol. The normalized spacial score (nSPS) is 14.2. The van der Waals surface area contributed by atoms with E-state index >= 15 is 0 Å². The van der Waals surface area contributed by atoms with Crippen molar-refractivity contribution in [3.05, 3.63) is 69.2 Å². The third-order valence-electron chi connectivity index (χ3n) is 3.69. The smallest absolute Gasteiger partial charge is 0.0422 e. The number of nitrogens with two attached hydrogens (primary N) is 1. The van der Waals surface area contributed by atoms with Crippen molar-refractivity contribution in [3.8, 4) is 0 Å². The second-order valence-electron chi connectivity index (χ2n) is 5.47. The highest BCUT2D eigenvalue weighted by atomic mass is 79.9. The predicted octanol–water partition coefficient (Wildman–Crippen LogP) is 4.48. The number of hydrogen-bond donors (Lipinski definition) is 1. The first-order valence-corrected chi connectivity index (χ1v) is 7.29. The number of halogens is 1. The molecule has 0 bridgehead atoms. The third kappa shape index (κ3) is 3.26. The van der Waals surface area contributed by atoms with Crippen LogP contribution in [0.15, 0.2) is 46.9 Å². The Bertz CT molecular complexity index is 550. The molecule has 0 saturated heterocycles. The zero-order valence-electron chi connectivity index (χ0n) is 11.7. The summed E-state index contributed by atoms with van der Waals surface area (Å²) >= 11 is 3.46. The van der Waals surface area contributed by atoms with Crippen LogP contribution in [-0.4, -0.2) is 0 Å². The standard InChI is InChI=1S/C17H20BrN/c1-12-5-4-6-13(2)16(12)11-17(3,19)14-7-9-15(18)10-8-14/h4-10H,11,19H2,1-3H3. The number of aryl methyl sites for hydroxylation is 2. The summed E-state index contributed by atoms with van der Waals surface area (Å²) in [6.07, 6.45) is 0.854. The SMILES string of the molecule is Cc1cccc(C)c1CC(C)(N)c1ccc(Br)cc1.